The molecule has 2 rings (SSSR count). The summed E-state index contributed by atoms with van der Waals surface area (Å²) in [4.78, 5) is 12.4. The van der Waals surface area contributed by atoms with Crippen LogP contribution in [0, 0.1) is 0 Å². The minimum Gasteiger partial charge on any atom is -0.362 e. The van der Waals surface area contributed by atoms with Crippen LogP contribution >= 0.6 is 11.8 Å². The van der Waals surface area contributed by atoms with Gasteiger partial charge >= 0.3 is 6.18 Å². The highest BCUT2D eigenvalue weighted by Crippen LogP contribution is 2.41. The number of carbonyl (C=O) groups is 1. The summed E-state index contributed by atoms with van der Waals surface area (Å²) in [5.74, 6) is -0.516. The van der Waals surface area contributed by atoms with Crippen LogP contribution in [0.25, 0.3) is 0 Å². The Kier molecular flexibility index (Phi) is 7.73. The lowest BCUT2D eigenvalue weighted by Crippen LogP contribution is -2.57. The van der Waals surface area contributed by atoms with Crippen molar-refractivity contribution in [3.8, 4) is 0 Å². The lowest BCUT2D eigenvalue weighted by atomic mass is 10.0. The zero-order valence-corrected chi connectivity index (χ0v) is 16.2. The number of alkyl halides is 3. The molecule has 1 amide bonds. The third kappa shape index (κ3) is 5.72. The number of rotatable bonds is 9. The van der Waals surface area contributed by atoms with Gasteiger partial charge in [-0.15, -0.1) is 11.8 Å². The zero-order chi connectivity index (χ0) is 19.9. The number of carbonyl (C=O) groups excluding carboxylic acids is 1. The zero-order valence-electron chi connectivity index (χ0n) is 15.3. The summed E-state index contributed by atoms with van der Waals surface area (Å²) in [6.45, 7) is 2.04. The molecule has 1 aliphatic rings. The topological polar surface area (TPSA) is 52.9 Å². The molecule has 0 saturated heterocycles. The molecule has 27 heavy (non-hydrogen) atoms. The van der Waals surface area contributed by atoms with E-state index in [0.29, 0.717) is 18.6 Å². The third-order valence-corrected chi connectivity index (χ3v) is 5.38. The first-order valence-electron chi connectivity index (χ1n) is 9.08. The lowest BCUT2D eigenvalue weighted by Gasteiger charge is -2.32. The molecule has 0 radical (unpaired) electrons. The maximum atomic E-state index is 13.4. The van der Waals surface area contributed by atoms with E-state index in [1.165, 1.54) is 11.8 Å². The maximum Gasteiger partial charge on any atom is 0.438 e. The molecular weight excluding hydrogens is 377 g/mol. The maximum absolute atomic E-state index is 13.4. The van der Waals surface area contributed by atoms with Crippen LogP contribution in [0.4, 0.5) is 13.2 Å². The van der Waals surface area contributed by atoms with Crippen molar-refractivity contribution in [2.45, 2.75) is 63.1 Å². The normalized spacial score (nSPS) is 20.0. The van der Waals surface area contributed by atoms with E-state index in [0.717, 1.165) is 24.8 Å². The Morgan fingerprint density at radius 2 is 1.96 bits per heavy atom. The van der Waals surface area contributed by atoms with Gasteiger partial charge in [0.25, 0.3) is 11.6 Å². The third-order valence-electron chi connectivity index (χ3n) is 4.39. The summed E-state index contributed by atoms with van der Waals surface area (Å²) < 4.78 is 40.3. The first kappa shape index (κ1) is 21.8. The molecule has 0 saturated carbocycles. The van der Waals surface area contributed by atoms with Crippen molar-refractivity contribution in [3.63, 3.8) is 0 Å². The predicted octanol–water partition coefficient (Wildman–Crippen LogP) is 4.73. The number of aliphatic hydroxyl groups is 1. The number of amides is 1. The van der Waals surface area contributed by atoms with E-state index in [1.807, 2.05) is 37.3 Å². The van der Waals surface area contributed by atoms with E-state index < -0.39 is 24.2 Å². The second-order valence-corrected chi connectivity index (χ2v) is 7.64. The molecule has 8 heteroatoms. The monoisotopic (exact) mass is 402 g/mol. The number of hydrogen-bond acceptors (Lipinski definition) is 4. The summed E-state index contributed by atoms with van der Waals surface area (Å²) in [6.07, 6.45) is -1.66. The molecule has 0 aromatic heterocycles. The van der Waals surface area contributed by atoms with Gasteiger partial charge in [-0.25, -0.2) is 0 Å². The Balaban J connectivity index is 1.99. The molecule has 150 valence electrons. The van der Waals surface area contributed by atoms with E-state index >= 15 is 0 Å². The van der Waals surface area contributed by atoms with Crippen molar-refractivity contribution in [1.29, 1.82) is 0 Å². The van der Waals surface area contributed by atoms with E-state index in [2.05, 4.69) is 5.10 Å². The first-order valence-corrected chi connectivity index (χ1v) is 10.2. The molecule has 1 N–H and O–H groups in total. The fourth-order valence-electron chi connectivity index (χ4n) is 2.89. The van der Waals surface area contributed by atoms with E-state index in [-0.39, 0.29) is 16.5 Å². The van der Waals surface area contributed by atoms with Gasteiger partial charge in [0.05, 0.1) is 5.75 Å². The van der Waals surface area contributed by atoms with Crippen LogP contribution in [-0.4, -0.2) is 39.4 Å². The highest BCUT2D eigenvalue weighted by Gasteiger charge is 2.62. The van der Waals surface area contributed by atoms with Crippen LogP contribution in [0.1, 0.15) is 51.0 Å². The number of hydrogen-bond donors (Lipinski definition) is 1. The Hall–Kier alpha value is -1.54. The standard InChI is InChI=1S/C19H25F3N2O2S/c1-2-3-4-8-11-16-12-18(26,19(20,21)22)24(23-16)17(25)14-27-13-15-9-6-5-7-10-15/h5-7,9-10,26H,2-4,8,11-14H2,1H3/t18-/m1/s1. The molecule has 4 nitrogen and oxygen atoms in total. The Labute approximate surface area is 161 Å². The van der Waals surface area contributed by atoms with Crippen LogP contribution in [0.15, 0.2) is 35.4 Å². The van der Waals surface area contributed by atoms with Gasteiger partial charge in [0.1, 0.15) is 0 Å². The van der Waals surface area contributed by atoms with Crippen LogP contribution in [0.5, 0.6) is 0 Å². The van der Waals surface area contributed by atoms with Gasteiger partial charge < -0.3 is 5.11 Å². The van der Waals surface area contributed by atoms with Crippen molar-refractivity contribution in [2.75, 3.05) is 5.75 Å². The van der Waals surface area contributed by atoms with Crippen molar-refractivity contribution in [3.05, 3.63) is 35.9 Å². The average Bonchev–Trinajstić information content (AvgIpc) is 2.97. The van der Waals surface area contributed by atoms with Gasteiger partial charge in [-0.05, 0) is 18.4 Å². The van der Waals surface area contributed by atoms with Crippen LogP contribution < -0.4 is 0 Å². The van der Waals surface area contributed by atoms with Crippen LogP contribution in [-0.2, 0) is 10.5 Å². The van der Waals surface area contributed by atoms with Crippen molar-refractivity contribution < 1.29 is 23.1 Å². The van der Waals surface area contributed by atoms with E-state index in [4.69, 9.17) is 0 Å². The average molecular weight is 402 g/mol. The molecule has 0 unspecified atom stereocenters. The first-order chi connectivity index (χ1) is 12.8. The molecule has 0 fully saturated rings. The number of hydrazone groups is 1. The molecule has 1 aromatic rings. The van der Waals surface area contributed by atoms with E-state index in [1.54, 1.807) is 0 Å². The number of thioether (sulfide) groups is 1. The van der Waals surface area contributed by atoms with Gasteiger partial charge in [0.2, 0.25) is 0 Å². The summed E-state index contributed by atoms with van der Waals surface area (Å²) in [7, 11) is 0. The number of halogens is 3. The second kappa shape index (κ2) is 9.59. The molecule has 0 spiro atoms. The van der Waals surface area contributed by atoms with Crippen molar-refractivity contribution in [2.24, 2.45) is 5.10 Å². The minimum atomic E-state index is -4.96. The number of benzene rings is 1. The number of unbranched alkanes of at least 4 members (excludes halogenated alkanes) is 3. The van der Waals surface area contributed by atoms with Gasteiger partial charge in [-0.3, -0.25) is 4.79 Å². The highest BCUT2D eigenvalue weighted by atomic mass is 32.2. The fourth-order valence-corrected chi connectivity index (χ4v) is 3.71. The summed E-state index contributed by atoms with van der Waals surface area (Å²) >= 11 is 1.20. The van der Waals surface area contributed by atoms with Gasteiger partial charge in [0, 0.05) is 17.9 Å². The van der Waals surface area contributed by atoms with Crippen molar-refractivity contribution >= 4 is 23.4 Å². The van der Waals surface area contributed by atoms with E-state index in [9.17, 15) is 23.1 Å². The summed E-state index contributed by atoms with van der Waals surface area (Å²) in [5, 5.41) is 14.3. The minimum absolute atomic E-state index is 0.181. The molecule has 0 aliphatic carbocycles. The smallest absolute Gasteiger partial charge is 0.362 e. The van der Waals surface area contributed by atoms with Crippen LogP contribution in [0.2, 0.25) is 0 Å². The van der Waals surface area contributed by atoms with Gasteiger partial charge in [-0.1, -0.05) is 56.5 Å². The second-order valence-electron chi connectivity index (χ2n) is 6.65. The summed E-state index contributed by atoms with van der Waals surface area (Å²) in [5.41, 5.74) is -2.03. The Morgan fingerprint density at radius 1 is 1.26 bits per heavy atom. The molecule has 0 bridgehead atoms. The summed E-state index contributed by atoms with van der Waals surface area (Å²) in [6, 6.07) is 9.34. The molecule has 1 atom stereocenters. The largest absolute Gasteiger partial charge is 0.438 e. The molecule has 1 heterocycles. The van der Waals surface area contributed by atoms with Gasteiger partial charge in [0.15, 0.2) is 0 Å². The molecular formula is C19H25F3N2O2S. The van der Waals surface area contributed by atoms with Crippen LogP contribution in [0.3, 0.4) is 0 Å². The molecule has 1 aliphatic heterocycles. The lowest BCUT2D eigenvalue weighted by molar-refractivity contribution is -0.301. The fraction of sp³-hybridized carbons (Fsp3) is 0.579. The number of nitrogens with zero attached hydrogens (tertiary/aromatic N) is 2. The molecule has 1 aromatic carbocycles. The predicted molar refractivity (Wildman–Crippen MR) is 101 cm³/mol. The van der Waals surface area contributed by atoms with Gasteiger partial charge in [-0.2, -0.15) is 23.3 Å². The Bertz CT molecular complexity index is 652. The quantitative estimate of drug-likeness (QED) is 0.608. The SMILES string of the molecule is CCCCCCC1=NN(C(=O)CSCc2ccccc2)[C@](O)(C(F)(F)F)C1. The highest BCUT2D eigenvalue weighted by molar-refractivity contribution is 7.99. The van der Waals surface area contributed by atoms with Crippen molar-refractivity contribution in [1.82, 2.24) is 5.01 Å². The Morgan fingerprint density at radius 3 is 2.59 bits per heavy atom.